The number of nitrogens with zero attached hydrogens (tertiary/aromatic N) is 6. The molecule has 2 heterocycles. The van der Waals surface area contributed by atoms with Crippen LogP contribution in [0.3, 0.4) is 0 Å². The number of H-pyrrole nitrogens is 2. The van der Waals surface area contributed by atoms with Crippen LogP contribution in [0.25, 0.3) is 33.9 Å². The van der Waals surface area contributed by atoms with Gasteiger partial charge in [-0.25, -0.2) is 0 Å². The molecule has 8 aromatic rings. The second kappa shape index (κ2) is 27.8. The number of benzene rings is 6. The zero-order valence-electron chi connectivity index (χ0n) is 44.7. The molecule has 16 nitrogen and oxygen atoms in total. The molecule has 0 fully saturated rings. The van der Waals surface area contributed by atoms with Gasteiger partial charge in [-0.15, -0.1) is 20.4 Å². The van der Waals surface area contributed by atoms with Gasteiger partial charge in [-0.2, -0.15) is 10.4 Å². The van der Waals surface area contributed by atoms with Crippen molar-refractivity contribution in [1.82, 2.24) is 41.2 Å². The fourth-order valence-electron chi connectivity index (χ4n) is 8.56. The van der Waals surface area contributed by atoms with Crippen LogP contribution in [0.5, 0.6) is 11.5 Å². The summed E-state index contributed by atoms with van der Waals surface area (Å²) in [5.41, 5.74) is 9.24. The van der Waals surface area contributed by atoms with E-state index in [0.29, 0.717) is 75.6 Å². The molecular formula is C58H68BBrN10O6. The van der Waals surface area contributed by atoms with Crippen molar-refractivity contribution in [2.45, 2.75) is 94.3 Å². The Bertz CT molecular complexity index is 3060. The number of carbonyl (C=O) groups is 2. The SMILES string of the molecule is Cc1ccc(CC(=O)Nc2cc(-c3ccccc3-c3nn[nH]n3)ccc2OC(C(C)C)C(C)C)cc1.Cc1ccc(CC(=O)Nc2cc(Br)ccc2OC(C(C)C)C(C)C)cc1.OB(O)c1ccccc1-c1nn[nH]n1. The molecule has 0 aliphatic heterocycles. The maximum atomic E-state index is 13.1. The van der Waals surface area contributed by atoms with Crippen LogP contribution in [0.4, 0.5) is 11.4 Å². The van der Waals surface area contributed by atoms with Crippen molar-refractivity contribution in [3.8, 4) is 45.4 Å². The van der Waals surface area contributed by atoms with E-state index in [0.717, 1.165) is 37.9 Å². The first-order valence-corrected chi connectivity index (χ1v) is 26.2. The predicted octanol–water partition coefficient (Wildman–Crippen LogP) is 10.6. The molecule has 2 amide bonds. The number of nitrogens with one attached hydrogen (secondary N) is 4. The lowest BCUT2D eigenvalue weighted by Gasteiger charge is -2.27. The van der Waals surface area contributed by atoms with Crippen LogP contribution >= 0.6 is 15.9 Å². The van der Waals surface area contributed by atoms with E-state index in [-0.39, 0.29) is 30.4 Å². The van der Waals surface area contributed by atoms with E-state index in [1.54, 1.807) is 24.3 Å². The number of anilines is 2. The molecule has 8 rings (SSSR count). The van der Waals surface area contributed by atoms with Gasteiger partial charge in [0.15, 0.2) is 0 Å². The smallest absolute Gasteiger partial charge is 0.488 e. The van der Waals surface area contributed by atoms with E-state index in [1.165, 1.54) is 5.56 Å². The van der Waals surface area contributed by atoms with Crippen LogP contribution in [0.1, 0.15) is 77.6 Å². The van der Waals surface area contributed by atoms with E-state index in [2.05, 4.69) is 123 Å². The number of carbonyl (C=O) groups excluding carboxylic acids is 2. The van der Waals surface area contributed by atoms with Crippen LogP contribution in [-0.2, 0) is 22.4 Å². The molecule has 6 aromatic carbocycles. The standard InChI is InChI=1S/C29H33N5O2.C22H28BrNO2.C7H7BN4O2/c1-18(2)28(19(3)4)36-26-15-14-22(23-8-6-7-9-24(23)29-31-33-34-32-29)17-25(26)30-27(35)16-21-12-10-20(5)11-13-21;1-14(2)22(15(3)4)26-20-11-10-18(23)13-19(20)24-21(25)12-17-8-6-16(5)7-9-17;13-8(14)6-4-2-1-3-5(6)7-9-11-12-10-7/h6-15,17-19,28H,16H2,1-5H3,(H,30,35)(H,31,32,33,34);6-11,13-15,22H,12H2,1-5H3,(H,24,25);1-4,13-14H,(H,9,10,11,12). The number of hydrogen-bond donors (Lipinski definition) is 6. The topological polar surface area (TPSA) is 226 Å². The Labute approximate surface area is 454 Å². The molecule has 0 radical (unpaired) electrons. The molecule has 18 heteroatoms. The zero-order valence-corrected chi connectivity index (χ0v) is 46.3. The number of hydrogen-bond acceptors (Lipinski definition) is 12. The van der Waals surface area contributed by atoms with Crippen molar-refractivity contribution in [2.24, 2.45) is 23.7 Å². The van der Waals surface area contributed by atoms with Gasteiger partial charge in [0.05, 0.1) is 24.2 Å². The molecule has 76 heavy (non-hydrogen) atoms. The molecule has 2 aromatic heterocycles. The highest BCUT2D eigenvalue weighted by molar-refractivity contribution is 9.10. The van der Waals surface area contributed by atoms with Gasteiger partial charge in [0, 0.05) is 15.6 Å². The monoisotopic (exact) mass is 1090 g/mol. The molecule has 0 atom stereocenters. The fourth-order valence-corrected chi connectivity index (χ4v) is 8.92. The third-order valence-corrected chi connectivity index (χ3v) is 12.7. The number of ether oxygens (including phenoxy) is 2. The molecule has 0 aliphatic carbocycles. The second-order valence-electron chi connectivity index (χ2n) is 19.9. The Morgan fingerprint density at radius 1 is 0.553 bits per heavy atom. The van der Waals surface area contributed by atoms with Crippen molar-refractivity contribution >= 4 is 51.7 Å². The molecule has 0 bridgehead atoms. The maximum Gasteiger partial charge on any atom is 0.489 e. The molecule has 0 saturated carbocycles. The molecule has 396 valence electrons. The summed E-state index contributed by atoms with van der Waals surface area (Å²) in [4.78, 5) is 25.6. The molecule has 6 N–H and O–H groups in total. The van der Waals surface area contributed by atoms with Crippen LogP contribution in [0.15, 0.2) is 138 Å². The van der Waals surface area contributed by atoms with Gasteiger partial charge >= 0.3 is 7.12 Å². The van der Waals surface area contributed by atoms with E-state index < -0.39 is 7.12 Å². The number of aromatic amines is 2. The van der Waals surface area contributed by atoms with E-state index in [4.69, 9.17) is 19.5 Å². The molecular weight excluding hydrogens is 1020 g/mol. The van der Waals surface area contributed by atoms with Gasteiger partial charge < -0.3 is 30.2 Å². The van der Waals surface area contributed by atoms with Crippen molar-refractivity contribution < 1.29 is 29.1 Å². The minimum Gasteiger partial charge on any atom is -0.488 e. The third kappa shape index (κ3) is 16.7. The maximum absolute atomic E-state index is 13.1. The van der Waals surface area contributed by atoms with Gasteiger partial charge in [0.1, 0.15) is 23.7 Å². The van der Waals surface area contributed by atoms with Gasteiger partial charge in [-0.05, 0) is 106 Å². The number of halogens is 1. The summed E-state index contributed by atoms with van der Waals surface area (Å²) in [5, 5.41) is 52.0. The summed E-state index contributed by atoms with van der Waals surface area (Å²) in [7, 11) is -1.54. The van der Waals surface area contributed by atoms with E-state index in [9.17, 15) is 9.59 Å². The Balaban J connectivity index is 0.000000203. The van der Waals surface area contributed by atoms with Crippen LogP contribution in [0, 0.1) is 37.5 Å². The van der Waals surface area contributed by atoms with E-state index >= 15 is 0 Å². The highest BCUT2D eigenvalue weighted by Crippen LogP contribution is 2.37. The fraction of sp³-hybridized carbons (Fsp3) is 0.310. The van der Waals surface area contributed by atoms with Crippen LogP contribution < -0.4 is 25.6 Å². The Hall–Kier alpha value is -7.54. The Morgan fingerprint density at radius 3 is 1.42 bits per heavy atom. The van der Waals surface area contributed by atoms with E-state index in [1.807, 2.05) is 123 Å². The van der Waals surface area contributed by atoms with Crippen LogP contribution in [-0.4, -0.2) is 82.4 Å². The lowest BCUT2D eigenvalue weighted by atomic mass is 9.77. The average Bonchev–Trinajstić information content (AvgIpc) is 4.14. The highest BCUT2D eigenvalue weighted by atomic mass is 79.9. The quantitative estimate of drug-likeness (QED) is 0.0441. The highest BCUT2D eigenvalue weighted by Gasteiger charge is 2.24. The van der Waals surface area contributed by atoms with Gasteiger partial charge in [0.25, 0.3) is 0 Å². The summed E-state index contributed by atoms with van der Waals surface area (Å²) in [6, 6.07) is 42.2. The Morgan fingerprint density at radius 2 is 0.974 bits per heavy atom. The van der Waals surface area contributed by atoms with Gasteiger partial charge in [-0.3, -0.25) is 9.59 Å². The lowest BCUT2D eigenvalue weighted by molar-refractivity contribution is -0.116. The third-order valence-electron chi connectivity index (χ3n) is 12.2. The molecule has 0 aliphatic rings. The van der Waals surface area contributed by atoms with Crippen LogP contribution in [0.2, 0.25) is 0 Å². The van der Waals surface area contributed by atoms with Gasteiger partial charge in [0.2, 0.25) is 23.5 Å². The first kappa shape index (κ1) is 57.7. The predicted molar refractivity (Wildman–Crippen MR) is 304 cm³/mol. The van der Waals surface area contributed by atoms with Crippen molar-refractivity contribution in [3.63, 3.8) is 0 Å². The molecule has 0 saturated heterocycles. The number of amides is 2. The summed E-state index contributed by atoms with van der Waals surface area (Å²) < 4.78 is 13.6. The summed E-state index contributed by atoms with van der Waals surface area (Å²) in [6.07, 6.45) is 0.713. The zero-order chi connectivity index (χ0) is 54.9. The molecule has 0 spiro atoms. The van der Waals surface area contributed by atoms with Gasteiger partial charge in [-0.1, -0.05) is 186 Å². The normalized spacial score (nSPS) is 11.1. The average molecular weight is 1090 g/mol. The molecule has 0 unspecified atom stereocenters. The minimum absolute atomic E-state index is 0.00946. The number of aryl methyl sites for hydroxylation is 2. The van der Waals surface area contributed by atoms with Crippen molar-refractivity contribution in [3.05, 3.63) is 160 Å². The lowest BCUT2D eigenvalue weighted by Crippen LogP contribution is -2.31. The summed E-state index contributed by atoms with van der Waals surface area (Å²) >= 11 is 3.48. The first-order chi connectivity index (χ1) is 36.4. The number of tetrazole rings is 2. The number of rotatable bonds is 18. The Kier molecular flexibility index (Phi) is 21.2. The summed E-state index contributed by atoms with van der Waals surface area (Å²) in [5.74, 6) is 3.46. The summed E-state index contributed by atoms with van der Waals surface area (Å²) in [6.45, 7) is 21.3. The minimum atomic E-state index is -1.54. The first-order valence-electron chi connectivity index (χ1n) is 25.4. The van der Waals surface area contributed by atoms with Crippen molar-refractivity contribution in [2.75, 3.05) is 10.6 Å². The number of aromatic nitrogens is 8. The van der Waals surface area contributed by atoms with Crippen molar-refractivity contribution in [1.29, 1.82) is 0 Å². The second-order valence-corrected chi connectivity index (χ2v) is 20.8. The largest absolute Gasteiger partial charge is 0.489 e.